The van der Waals surface area contributed by atoms with Crippen molar-refractivity contribution in [3.8, 4) is 0 Å². The number of hydrogen-bond acceptors (Lipinski definition) is 4. The molecule has 0 unspecified atom stereocenters. The van der Waals surface area contributed by atoms with E-state index in [9.17, 15) is 4.79 Å². The van der Waals surface area contributed by atoms with E-state index in [2.05, 4.69) is 10.6 Å². The minimum atomic E-state index is -0.649. The Morgan fingerprint density at radius 3 is 2.25 bits per heavy atom. The Balaban J connectivity index is 3.52. The number of aliphatic hydroxyl groups excluding tert-OH is 3. The summed E-state index contributed by atoms with van der Waals surface area (Å²) in [7, 11) is 0. The van der Waals surface area contributed by atoms with Gasteiger partial charge in [0.15, 0.2) is 0 Å². The highest BCUT2D eigenvalue weighted by atomic mass is 16.3. The highest BCUT2D eigenvalue weighted by Crippen LogP contribution is 1.78. The molecule has 0 rings (SSSR count). The molecule has 0 radical (unpaired) electrons. The Labute approximate surface area is 70.2 Å². The lowest BCUT2D eigenvalue weighted by atomic mass is 10.3. The lowest BCUT2D eigenvalue weighted by Gasteiger charge is -2.13. The van der Waals surface area contributed by atoms with Gasteiger partial charge in [-0.2, -0.15) is 0 Å². The van der Waals surface area contributed by atoms with Crippen LogP contribution in [0.1, 0.15) is 0 Å². The molecule has 0 aromatic heterocycles. The molecule has 0 atom stereocenters. The third-order valence-corrected chi connectivity index (χ3v) is 1.17. The van der Waals surface area contributed by atoms with Gasteiger partial charge in [-0.3, -0.25) is 0 Å². The molecule has 0 aliphatic rings. The van der Waals surface area contributed by atoms with E-state index < -0.39 is 12.1 Å². The van der Waals surface area contributed by atoms with Gasteiger partial charge in [0.2, 0.25) is 0 Å². The van der Waals surface area contributed by atoms with E-state index in [0.717, 1.165) is 0 Å². The van der Waals surface area contributed by atoms with Gasteiger partial charge in [-0.15, -0.1) is 0 Å². The average molecular weight is 178 g/mol. The third-order valence-electron chi connectivity index (χ3n) is 1.17. The summed E-state index contributed by atoms with van der Waals surface area (Å²) in [5, 5.41) is 30.0. The number of aliphatic hydroxyl groups is 3. The van der Waals surface area contributed by atoms with E-state index in [4.69, 9.17) is 15.3 Å². The van der Waals surface area contributed by atoms with Gasteiger partial charge in [0, 0.05) is 6.54 Å². The zero-order chi connectivity index (χ0) is 9.40. The lowest BCUT2D eigenvalue weighted by Crippen LogP contribution is -2.46. The minimum absolute atomic E-state index is 0.143. The van der Waals surface area contributed by atoms with Crippen LogP contribution in [0.4, 0.5) is 4.79 Å². The second kappa shape index (κ2) is 6.84. The van der Waals surface area contributed by atoms with E-state index in [1.54, 1.807) is 0 Å². The zero-order valence-electron chi connectivity index (χ0n) is 6.66. The number of carbonyl (C=O) groups is 1. The van der Waals surface area contributed by atoms with Gasteiger partial charge in [-0.25, -0.2) is 4.79 Å². The summed E-state index contributed by atoms with van der Waals surface area (Å²) in [5.74, 6) is 0. The average Bonchev–Trinajstić information content (AvgIpc) is 2.10. The topological polar surface area (TPSA) is 102 Å². The van der Waals surface area contributed by atoms with Crippen molar-refractivity contribution in [2.24, 2.45) is 0 Å². The first kappa shape index (κ1) is 11.2. The predicted molar refractivity (Wildman–Crippen MR) is 41.6 cm³/mol. The Morgan fingerprint density at radius 2 is 1.83 bits per heavy atom. The molecule has 0 spiro atoms. The fourth-order valence-corrected chi connectivity index (χ4v) is 0.555. The highest BCUT2D eigenvalue weighted by Gasteiger charge is 2.08. The van der Waals surface area contributed by atoms with Crippen molar-refractivity contribution in [2.45, 2.75) is 6.04 Å². The molecule has 0 aromatic rings. The zero-order valence-corrected chi connectivity index (χ0v) is 6.66. The first-order chi connectivity index (χ1) is 5.74. The number of rotatable bonds is 5. The summed E-state index contributed by atoms with van der Waals surface area (Å²) in [5.41, 5.74) is 0. The number of amides is 2. The number of hydrogen-bond donors (Lipinski definition) is 5. The van der Waals surface area contributed by atoms with Gasteiger partial charge in [-0.1, -0.05) is 0 Å². The van der Waals surface area contributed by atoms with Crippen molar-refractivity contribution in [1.29, 1.82) is 0 Å². The Bertz CT molecular complexity index is 127. The fourth-order valence-electron chi connectivity index (χ4n) is 0.555. The molecule has 0 fully saturated rings. The van der Waals surface area contributed by atoms with Crippen molar-refractivity contribution < 1.29 is 20.1 Å². The highest BCUT2D eigenvalue weighted by molar-refractivity contribution is 5.74. The molecular formula is C6H14N2O4. The fraction of sp³-hybridized carbons (Fsp3) is 0.833. The van der Waals surface area contributed by atoms with Crippen LogP contribution in [-0.2, 0) is 0 Å². The Morgan fingerprint density at radius 1 is 1.25 bits per heavy atom. The van der Waals surface area contributed by atoms with E-state index >= 15 is 0 Å². The molecule has 0 saturated heterocycles. The second-order valence-electron chi connectivity index (χ2n) is 2.19. The molecule has 12 heavy (non-hydrogen) atoms. The summed E-state index contributed by atoms with van der Waals surface area (Å²) >= 11 is 0. The van der Waals surface area contributed by atoms with E-state index in [-0.39, 0.29) is 26.4 Å². The molecule has 2 amide bonds. The van der Waals surface area contributed by atoms with E-state index in [1.807, 2.05) is 0 Å². The maximum absolute atomic E-state index is 10.8. The van der Waals surface area contributed by atoms with Crippen LogP contribution in [-0.4, -0.2) is 53.8 Å². The summed E-state index contributed by atoms with van der Waals surface area (Å²) < 4.78 is 0. The maximum atomic E-state index is 10.8. The SMILES string of the molecule is O=C(NCCO)NC(CO)CO. The van der Waals surface area contributed by atoms with E-state index in [1.165, 1.54) is 0 Å². The van der Waals surface area contributed by atoms with Crippen molar-refractivity contribution in [3.05, 3.63) is 0 Å². The first-order valence-electron chi connectivity index (χ1n) is 3.61. The van der Waals surface area contributed by atoms with Gasteiger partial charge >= 0.3 is 6.03 Å². The molecule has 6 nitrogen and oxygen atoms in total. The normalized spacial score (nSPS) is 10.0. The lowest BCUT2D eigenvalue weighted by molar-refractivity contribution is 0.168. The van der Waals surface area contributed by atoms with Crippen molar-refractivity contribution in [2.75, 3.05) is 26.4 Å². The largest absolute Gasteiger partial charge is 0.395 e. The van der Waals surface area contributed by atoms with Crippen LogP contribution in [0, 0.1) is 0 Å². The van der Waals surface area contributed by atoms with Crippen LogP contribution < -0.4 is 10.6 Å². The van der Waals surface area contributed by atoms with Crippen LogP contribution in [0.5, 0.6) is 0 Å². The van der Waals surface area contributed by atoms with Gasteiger partial charge in [-0.05, 0) is 0 Å². The molecule has 5 N–H and O–H groups in total. The molecule has 72 valence electrons. The Hall–Kier alpha value is -0.850. The van der Waals surface area contributed by atoms with Crippen LogP contribution in [0.25, 0.3) is 0 Å². The maximum Gasteiger partial charge on any atom is 0.315 e. The van der Waals surface area contributed by atoms with Crippen LogP contribution in [0.15, 0.2) is 0 Å². The smallest absolute Gasteiger partial charge is 0.315 e. The van der Waals surface area contributed by atoms with Crippen molar-refractivity contribution >= 4 is 6.03 Å². The molecular weight excluding hydrogens is 164 g/mol. The summed E-state index contributed by atoms with van der Waals surface area (Å²) in [6.07, 6.45) is 0. The van der Waals surface area contributed by atoms with Crippen LogP contribution in [0.3, 0.4) is 0 Å². The molecule has 0 aromatic carbocycles. The number of urea groups is 1. The van der Waals surface area contributed by atoms with Gasteiger partial charge < -0.3 is 26.0 Å². The summed E-state index contributed by atoms with van der Waals surface area (Å²) in [6, 6.07) is -1.17. The van der Waals surface area contributed by atoms with Crippen LogP contribution >= 0.6 is 0 Å². The molecule has 0 heterocycles. The number of nitrogens with one attached hydrogen (secondary N) is 2. The minimum Gasteiger partial charge on any atom is -0.395 e. The van der Waals surface area contributed by atoms with E-state index in [0.29, 0.717) is 0 Å². The summed E-state index contributed by atoms with van der Waals surface area (Å²) in [4.78, 5) is 10.8. The standard InChI is InChI=1S/C6H14N2O4/c9-2-1-7-6(12)8-5(3-10)4-11/h5,9-11H,1-4H2,(H2,7,8,12). The summed E-state index contributed by atoms with van der Waals surface area (Å²) in [6.45, 7) is -0.627. The quantitative estimate of drug-likeness (QED) is 0.325. The molecule has 0 aliphatic carbocycles. The molecule has 0 bridgehead atoms. The van der Waals surface area contributed by atoms with Crippen molar-refractivity contribution in [3.63, 3.8) is 0 Å². The van der Waals surface area contributed by atoms with Gasteiger partial charge in [0.1, 0.15) is 0 Å². The molecule has 0 aliphatic heterocycles. The molecule has 6 heteroatoms. The Kier molecular flexibility index (Phi) is 6.35. The molecule has 0 saturated carbocycles. The van der Waals surface area contributed by atoms with Crippen LogP contribution in [0.2, 0.25) is 0 Å². The predicted octanol–water partition coefficient (Wildman–Crippen LogP) is -2.37. The second-order valence-corrected chi connectivity index (χ2v) is 2.19. The monoisotopic (exact) mass is 178 g/mol. The third kappa shape index (κ3) is 4.89. The number of carbonyl (C=O) groups excluding carboxylic acids is 1. The van der Waals surface area contributed by atoms with Gasteiger partial charge in [0.25, 0.3) is 0 Å². The van der Waals surface area contributed by atoms with Crippen molar-refractivity contribution in [1.82, 2.24) is 10.6 Å². The van der Waals surface area contributed by atoms with Gasteiger partial charge in [0.05, 0.1) is 25.9 Å². The first-order valence-corrected chi connectivity index (χ1v) is 3.61.